The molecule has 1 aromatic rings. The first-order valence-corrected chi connectivity index (χ1v) is 6.08. The first-order valence-electron chi connectivity index (χ1n) is 5.70. The number of hydrogen-bond acceptors (Lipinski definition) is 5. The summed E-state index contributed by atoms with van der Waals surface area (Å²) in [6.45, 7) is 1.57. The van der Waals surface area contributed by atoms with Crippen LogP contribution in [0.25, 0.3) is 0 Å². The van der Waals surface area contributed by atoms with Gasteiger partial charge in [-0.1, -0.05) is 11.6 Å². The van der Waals surface area contributed by atoms with Crippen LogP contribution in [-0.4, -0.2) is 41.9 Å². The quantitative estimate of drug-likeness (QED) is 0.470. The fourth-order valence-electron chi connectivity index (χ4n) is 1.56. The molecule has 0 aromatic heterocycles. The second-order valence-corrected chi connectivity index (χ2v) is 4.25. The highest BCUT2D eigenvalue weighted by Crippen LogP contribution is 2.24. The van der Waals surface area contributed by atoms with E-state index in [-0.39, 0.29) is 29.4 Å². The number of benzene rings is 1. The van der Waals surface area contributed by atoms with Crippen LogP contribution in [0.3, 0.4) is 0 Å². The maximum absolute atomic E-state index is 12.3. The Labute approximate surface area is 120 Å². The lowest BCUT2D eigenvalue weighted by atomic mass is 10.1. The topological polar surface area (TPSA) is 89.8 Å². The van der Waals surface area contributed by atoms with Crippen molar-refractivity contribution >= 4 is 29.2 Å². The van der Waals surface area contributed by atoms with Crippen molar-refractivity contribution in [2.45, 2.75) is 6.92 Å². The number of esters is 1. The SMILES string of the molecule is CCN(CC(=O)OC)C(=O)c1cc(Cl)ccc1[N+](=O)[O-]. The molecular formula is C12H13ClN2O5. The van der Waals surface area contributed by atoms with Crippen molar-refractivity contribution in [2.75, 3.05) is 20.2 Å². The Morgan fingerprint density at radius 2 is 2.10 bits per heavy atom. The van der Waals surface area contributed by atoms with Gasteiger partial charge in [0.15, 0.2) is 0 Å². The molecule has 0 saturated heterocycles. The zero-order chi connectivity index (χ0) is 15.3. The molecular weight excluding hydrogens is 288 g/mol. The predicted octanol–water partition coefficient (Wildman–Crippen LogP) is 1.88. The molecule has 7 nitrogen and oxygen atoms in total. The van der Waals surface area contributed by atoms with E-state index in [2.05, 4.69) is 4.74 Å². The Hall–Kier alpha value is -2.15. The van der Waals surface area contributed by atoms with Gasteiger partial charge in [0.2, 0.25) is 0 Å². The third kappa shape index (κ3) is 3.67. The molecule has 0 radical (unpaired) electrons. The zero-order valence-electron chi connectivity index (χ0n) is 11.0. The Morgan fingerprint density at radius 1 is 1.45 bits per heavy atom. The van der Waals surface area contributed by atoms with E-state index in [1.807, 2.05) is 0 Å². The molecule has 8 heteroatoms. The van der Waals surface area contributed by atoms with Gasteiger partial charge in [-0.2, -0.15) is 0 Å². The summed E-state index contributed by atoms with van der Waals surface area (Å²) in [5.41, 5.74) is -0.518. The van der Waals surface area contributed by atoms with E-state index >= 15 is 0 Å². The summed E-state index contributed by atoms with van der Waals surface area (Å²) in [7, 11) is 1.20. The smallest absolute Gasteiger partial charge is 0.325 e. The van der Waals surface area contributed by atoms with E-state index in [9.17, 15) is 19.7 Å². The van der Waals surface area contributed by atoms with Gasteiger partial charge in [0.1, 0.15) is 12.1 Å². The van der Waals surface area contributed by atoms with Gasteiger partial charge in [0.25, 0.3) is 11.6 Å². The third-order valence-electron chi connectivity index (χ3n) is 2.60. The normalized spacial score (nSPS) is 9.95. The maximum atomic E-state index is 12.3. The number of ether oxygens (including phenoxy) is 1. The number of hydrogen-bond donors (Lipinski definition) is 0. The highest BCUT2D eigenvalue weighted by molar-refractivity contribution is 6.31. The number of likely N-dealkylation sites (N-methyl/N-ethyl adjacent to an activating group) is 1. The molecule has 0 atom stereocenters. The fourth-order valence-corrected chi connectivity index (χ4v) is 1.73. The minimum absolute atomic E-state index is 0.159. The van der Waals surface area contributed by atoms with E-state index in [4.69, 9.17) is 11.6 Å². The Balaban J connectivity index is 3.14. The van der Waals surface area contributed by atoms with E-state index in [0.29, 0.717) is 0 Å². The Morgan fingerprint density at radius 3 is 2.60 bits per heavy atom. The average Bonchev–Trinajstić information content (AvgIpc) is 2.43. The molecule has 20 heavy (non-hydrogen) atoms. The number of amides is 1. The van der Waals surface area contributed by atoms with Crippen molar-refractivity contribution in [3.8, 4) is 0 Å². The minimum atomic E-state index is -0.671. The highest BCUT2D eigenvalue weighted by Gasteiger charge is 2.25. The van der Waals surface area contributed by atoms with Crippen LogP contribution < -0.4 is 0 Å². The molecule has 0 aliphatic carbocycles. The molecule has 0 unspecified atom stereocenters. The van der Waals surface area contributed by atoms with Crippen LogP contribution in [0.4, 0.5) is 5.69 Å². The predicted molar refractivity (Wildman–Crippen MR) is 71.7 cm³/mol. The van der Waals surface area contributed by atoms with Crippen molar-refractivity contribution in [2.24, 2.45) is 0 Å². The molecule has 1 amide bonds. The Bertz CT molecular complexity index is 547. The average molecular weight is 301 g/mol. The van der Waals surface area contributed by atoms with Gasteiger partial charge < -0.3 is 9.64 Å². The molecule has 0 bridgehead atoms. The number of carbonyl (C=O) groups excluding carboxylic acids is 2. The van der Waals surface area contributed by atoms with Crippen molar-refractivity contribution in [1.82, 2.24) is 4.90 Å². The molecule has 108 valence electrons. The van der Waals surface area contributed by atoms with Gasteiger partial charge in [0, 0.05) is 17.6 Å². The second-order valence-electron chi connectivity index (χ2n) is 3.81. The van der Waals surface area contributed by atoms with Crippen LogP contribution in [-0.2, 0) is 9.53 Å². The molecule has 0 aliphatic rings. The number of rotatable bonds is 5. The summed E-state index contributed by atoms with van der Waals surface area (Å²) in [6, 6.07) is 3.69. The molecule has 1 aromatic carbocycles. The second kappa shape index (κ2) is 6.85. The molecule has 0 fully saturated rings. The maximum Gasteiger partial charge on any atom is 0.325 e. The van der Waals surface area contributed by atoms with Crippen molar-refractivity contribution in [1.29, 1.82) is 0 Å². The molecule has 0 spiro atoms. The lowest BCUT2D eigenvalue weighted by Crippen LogP contribution is -2.36. The van der Waals surface area contributed by atoms with Crippen molar-refractivity contribution < 1.29 is 19.2 Å². The summed E-state index contributed by atoms with van der Waals surface area (Å²) >= 11 is 5.76. The van der Waals surface area contributed by atoms with Crippen molar-refractivity contribution in [3.05, 3.63) is 38.9 Å². The highest BCUT2D eigenvalue weighted by atomic mass is 35.5. The van der Waals surface area contributed by atoms with Crippen LogP contribution in [0.2, 0.25) is 5.02 Å². The van der Waals surface area contributed by atoms with Gasteiger partial charge in [-0.05, 0) is 19.1 Å². The number of halogens is 1. The van der Waals surface area contributed by atoms with Crippen LogP contribution in [0.15, 0.2) is 18.2 Å². The summed E-state index contributed by atoms with van der Waals surface area (Å²) < 4.78 is 4.48. The van der Waals surface area contributed by atoms with Gasteiger partial charge in [-0.25, -0.2) is 0 Å². The lowest BCUT2D eigenvalue weighted by Gasteiger charge is -2.19. The number of nitrogens with zero attached hydrogens (tertiary/aromatic N) is 2. The van der Waals surface area contributed by atoms with Gasteiger partial charge in [-0.3, -0.25) is 19.7 Å². The summed E-state index contributed by atoms with van der Waals surface area (Å²) in [5, 5.41) is 11.1. The van der Waals surface area contributed by atoms with Crippen LogP contribution in [0, 0.1) is 10.1 Å². The summed E-state index contributed by atoms with van der Waals surface area (Å²) in [5.74, 6) is -1.25. The van der Waals surface area contributed by atoms with E-state index in [1.54, 1.807) is 6.92 Å². The number of carbonyl (C=O) groups is 2. The minimum Gasteiger partial charge on any atom is -0.468 e. The number of methoxy groups -OCH3 is 1. The molecule has 1 rings (SSSR count). The number of nitro groups is 1. The monoisotopic (exact) mass is 300 g/mol. The summed E-state index contributed by atoms with van der Waals surface area (Å²) in [4.78, 5) is 34.9. The number of nitro benzene ring substituents is 1. The van der Waals surface area contributed by atoms with Crippen molar-refractivity contribution in [3.63, 3.8) is 0 Å². The third-order valence-corrected chi connectivity index (χ3v) is 2.84. The first kappa shape index (κ1) is 15.9. The van der Waals surface area contributed by atoms with E-state index in [1.165, 1.54) is 19.2 Å². The molecule has 0 heterocycles. The van der Waals surface area contributed by atoms with Crippen LogP contribution >= 0.6 is 11.6 Å². The van der Waals surface area contributed by atoms with Gasteiger partial charge >= 0.3 is 5.97 Å². The van der Waals surface area contributed by atoms with E-state index in [0.717, 1.165) is 11.0 Å². The lowest BCUT2D eigenvalue weighted by molar-refractivity contribution is -0.385. The standard InChI is InChI=1S/C12H13ClN2O5/c1-3-14(7-11(16)20-2)12(17)9-6-8(13)4-5-10(9)15(18)19/h4-6H,3,7H2,1-2H3. The van der Waals surface area contributed by atoms with Gasteiger partial charge in [-0.15, -0.1) is 0 Å². The molecule has 0 aliphatic heterocycles. The summed E-state index contributed by atoms with van der Waals surface area (Å²) in [6.07, 6.45) is 0. The zero-order valence-corrected chi connectivity index (χ0v) is 11.7. The molecule has 0 N–H and O–H groups in total. The largest absolute Gasteiger partial charge is 0.468 e. The van der Waals surface area contributed by atoms with Gasteiger partial charge in [0.05, 0.1) is 12.0 Å². The molecule has 0 saturated carbocycles. The van der Waals surface area contributed by atoms with E-state index < -0.39 is 16.8 Å². The van der Waals surface area contributed by atoms with Crippen LogP contribution in [0.1, 0.15) is 17.3 Å². The van der Waals surface area contributed by atoms with Crippen LogP contribution in [0.5, 0.6) is 0 Å². The fraction of sp³-hybridized carbons (Fsp3) is 0.333. The first-order chi connectivity index (χ1) is 9.40. The Kier molecular flexibility index (Phi) is 5.45.